The normalized spacial score (nSPS) is 25.3. The van der Waals surface area contributed by atoms with E-state index in [1.807, 2.05) is 22.7 Å². The Labute approximate surface area is 124 Å². The maximum absolute atomic E-state index is 2.44. The highest BCUT2D eigenvalue weighted by Crippen LogP contribution is 2.54. The van der Waals surface area contributed by atoms with Gasteiger partial charge in [-0.05, 0) is 75.4 Å². The Morgan fingerprint density at radius 2 is 1.58 bits per heavy atom. The van der Waals surface area contributed by atoms with E-state index in [0.29, 0.717) is 5.41 Å². The molecule has 0 aliphatic heterocycles. The van der Waals surface area contributed by atoms with Crippen molar-refractivity contribution in [1.82, 2.24) is 0 Å². The summed E-state index contributed by atoms with van der Waals surface area (Å²) in [6, 6.07) is 4.69. The topological polar surface area (TPSA) is 0 Å². The molecule has 0 saturated heterocycles. The van der Waals surface area contributed by atoms with E-state index in [1.165, 1.54) is 30.4 Å². The van der Waals surface area contributed by atoms with Crippen molar-refractivity contribution in [1.29, 1.82) is 0 Å². The quantitative estimate of drug-likeness (QED) is 0.642. The molecule has 0 aromatic carbocycles. The number of hydrogen-bond donors (Lipinski definition) is 0. The summed E-state index contributed by atoms with van der Waals surface area (Å²) < 4.78 is 0. The fourth-order valence-electron chi connectivity index (χ4n) is 4.25. The van der Waals surface area contributed by atoms with Crippen LogP contribution in [0.5, 0.6) is 0 Å². The first kappa shape index (κ1) is 13.4. The van der Waals surface area contributed by atoms with Crippen molar-refractivity contribution in [3.63, 3.8) is 0 Å². The second-order valence-corrected chi connectivity index (χ2v) is 8.52. The van der Waals surface area contributed by atoms with Crippen molar-refractivity contribution < 1.29 is 0 Å². The molecule has 1 atom stereocenters. The molecule has 1 aliphatic carbocycles. The maximum Gasteiger partial charge on any atom is 0.0227 e. The predicted octanol–water partition coefficient (Wildman–Crippen LogP) is 5.94. The molecular weight excluding hydrogens is 268 g/mol. The van der Waals surface area contributed by atoms with Gasteiger partial charge in [0, 0.05) is 5.41 Å². The van der Waals surface area contributed by atoms with Crippen molar-refractivity contribution >= 4 is 22.7 Å². The largest absolute Gasteiger partial charge is 0.152 e. The van der Waals surface area contributed by atoms with Crippen molar-refractivity contribution in [3.8, 4) is 0 Å². The Balaban J connectivity index is 2.12. The summed E-state index contributed by atoms with van der Waals surface area (Å²) in [6.07, 6.45) is 3.92. The highest BCUT2D eigenvalue weighted by Gasteiger charge is 2.45. The Bertz CT molecular complexity index is 485. The smallest absolute Gasteiger partial charge is 0.0227 e. The van der Waals surface area contributed by atoms with Gasteiger partial charge >= 0.3 is 0 Å². The lowest BCUT2D eigenvalue weighted by molar-refractivity contribution is 0.127. The fourth-order valence-corrected chi connectivity index (χ4v) is 5.76. The molecular formula is C17H22S2. The van der Waals surface area contributed by atoms with Crippen LogP contribution in [-0.4, -0.2) is 0 Å². The van der Waals surface area contributed by atoms with Gasteiger partial charge in [-0.25, -0.2) is 0 Å². The molecule has 0 N–H and O–H groups in total. The van der Waals surface area contributed by atoms with Gasteiger partial charge in [-0.3, -0.25) is 0 Å². The predicted molar refractivity (Wildman–Crippen MR) is 86.2 cm³/mol. The third kappa shape index (κ3) is 2.41. The average molecular weight is 290 g/mol. The van der Waals surface area contributed by atoms with E-state index in [-0.39, 0.29) is 5.41 Å². The summed E-state index contributed by atoms with van der Waals surface area (Å²) in [4.78, 5) is 0. The van der Waals surface area contributed by atoms with Crippen LogP contribution in [0.4, 0.5) is 0 Å². The second-order valence-electron chi connectivity index (χ2n) is 6.96. The molecule has 2 heteroatoms. The van der Waals surface area contributed by atoms with E-state index in [4.69, 9.17) is 0 Å². The molecule has 2 aromatic heterocycles. The first-order valence-corrected chi connectivity index (χ1v) is 8.96. The van der Waals surface area contributed by atoms with Crippen LogP contribution in [0.15, 0.2) is 33.7 Å². The molecule has 102 valence electrons. The summed E-state index contributed by atoms with van der Waals surface area (Å²) in [5.41, 5.74) is 3.76. The van der Waals surface area contributed by atoms with E-state index >= 15 is 0 Å². The Hall–Kier alpha value is -0.600. The molecule has 0 spiro atoms. The number of hydrogen-bond acceptors (Lipinski definition) is 2. The summed E-state index contributed by atoms with van der Waals surface area (Å²) in [7, 11) is 0. The van der Waals surface area contributed by atoms with E-state index in [1.54, 1.807) is 0 Å². The van der Waals surface area contributed by atoms with Crippen LogP contribution in [0, 0.1) is 11.3 Å². The van der Waals surface area contributed by atoms with Gasteiger partial charge in [0.05, 0.1) is 0 Å². The third-order valence-electron chi connectivity index (χ3n) is 4.53. The summed E-state index contributed by atoms with van der Waals surface area (Å²) in [6.45, 7) is 7.31. The van der Waals surface area contributed by atoms with Gasteiger partial charge in [-0.1, -0.05) is 20.8 Å². The summed E-state index contributed by atoms with van der Waals surface area (Å²) in [5, 5.41) is 9.20. The molecule has 2 heterocycles. The molecule has 1 unspecified atom stereocenters. The summed E-state index contributed by atoms with van der Waals surface area (Å²) >= 11 is 3.67. The van der Waals surface area contributed by atoms with Crippen LogP contribution >= 0.6 is 22.7 Å². The zero-order valence-corrected chi connectivity index (χ0v) is 13.6. The highest BCUT2D eigenvalue weighted by molar-refractivity contribution is 7.08. The zero-order chi connectivity index (χ0) is 13.5. The van der Waals surface area contributed by atoms with Crippen molar-refractivity contribution in [3.05, 3.63) is 44.8 Å². The van der Waals surface area contributed by atoms with Crippen LogP contribution in [0.3, 0.4) is 0 Å². The maximum atomic E-state index is 2.44. The van der Waals surface area contributed by atoms with Gasteiger partial charge in [0.1, 0.15) is 0 Å². The fraction of sp³-hybridized carbons (Fsp3) is 0.529. The molecule has 0 nitrogen and oxygen atoms in total. The Kier molecular flexibility index (Phi) is 3.34. The van der Waals surface area contributed by atoms with Gasteiger partial charge in [0.2, 0.25) is 0 Å². The van der Waals surface area contributed by atoms with Gasteiger partial charge < -0.3 is 0 Å². The molecule has 1 saturated carbocycles. The van der Waals surface area contributed by atoms with Gasteiger partial charge in [-0.15, -0.1) is 0 Å². The highest BCUT2D eigenvalue weighted by atomic mass is 32.1. The van der Waals surface area contributed by atoms with Crippen LogP contribution in [0.1, 0.15) is 51.2 Å². The van der Waals surface area contributed by atoms with E-state index in [0.717, 1.165) is 5.92 Å². The molecule has 2 aromatic rings. The molecule has 3 rings (SSSR count). The van der Waals surface area contributed by atoms with Gasteiger partial charge in [-0.2, -0.15) is 22.7 Å². The Morgan fingerprint density at radius 3 is 2.00 bits per heavy atom. The van der Waals surface area contributed by atoms with Crippen LogP contribution in [0.2, 0.25) is 0 Å². The van der Waals surface area contributed by atoms with Crippen molar-refractivity contribution in [2.75, 3.05) is 0 Å². The third-order valence-corrected chi connectivity index (χ3v) is 5.89. The van der Waals surface area contributed by atoms with Crippen molar-refractivity contribution in [2.24, 2.45) is 11.3 Å². The molecule has 1 fully saturated rings. The summed E-state index contributed by atoms with van der Waals surface area (Å²) in [5.74, 6) is 0.795. The van der Waals surface area contributed by atoms with Gasteiger partial charge in [0.25, 0.3) is 0 Å². The lowest BCUT2D eigenvalue weighted by Gasteiger charge is -2.48. The van der Waals surface area contributed by atoms with E-state index < -0.39 is 0 Å². The van der Waals surface area contributed by atoms with E-state index in [2.05, 4.69) is 54.4 Å². The van der Waals surface area contributed by atoms with Crippen LogP contribution in [0.25, 0.3) is 0 Å². The monoisotopic (exact) mass is 290 g/mol. The standard InChI is InChI=1S/C17H22S2/c1-13-8-16(2,3)12-17(9-13,14-4-6-18-10-14)15-5-7-19-11-15/h4-7,10-11,13H,8-9,12H2,1-3H3. The molecule has 1 aliphatic rings. The zero-order valence-electron chi connectivity index (χ0n) is 12.0. The molecule has 0 radical (unpaired) electrons. The minimum Gasteiger partial charge on any atom is -0.152 e. The SMILES string of the molecule is CC1CC(C)(C)CC(c2ccsc2)(c2ccsc2)C1. The van der Waals surface area contributed by atoms with Crippen LogP contribution in [-0.2, 0) is 5.41 Å². The Morgan fingerprint density at radius 1 is 1.00 bits per heavy atom. The second kappa shape index (κ2) is 4.75. The lowest BCUT2D eigenvalue weighted by atomic mass is 9.56. The van der Waals surface area contributed by atoms with E-state index in [9.17, 15) is 0 Å². The first-order valence-electron chi connectivity index (χ1n) is 7.07. The minimum absolute atomic E-state index is 0.251. The van der Waals surface area contributed by atoms with Crippen molar-refractivity contribution in [2.45, 2.75) is 45.4 Å². The molecule has 19 heavy (non-hydrogen) atoms. The molecule has 0 amide bonds. The average Bonchev–Trinajstić information content (AvgIpc) is 3.01. The lowest BCUT2D eigenvalue weighted by Crippen LogP contribution is -2.40. The number of thiophene rings is 2. The molecule has 0 bridgehead atoms. The minimum atomic E-state index is 0.251. The first-order chi connectivity index (χ1) is 9.02. The van der Waals surface area contributed by atoms with Crippen LogP contribution < -0.4 is 0 Å². The number of rotatable bonds is 2. The van der Waals surface area contributed by atoms with Gasteiger partial charge in [0.15, 0.2) is 0 Å².